The maximum absolute atomic E-state index is 5.92. The van der Waals surface area contributed by atoms with Crippen molar-refractivity contribution in [3.63, 3.8) is 0 Å². The molecule has 1 fully saturated rings. The zero-order valence-electron chi connectivity index (χ0n) is 14.6. The summed E-state index contributed by atoms with van der Waals surface area (Å²) < 4.78 is 2.28. The minimum Gasteiger partial charge on any atom is -0.328 e. The van der Waals surface area contributed by atoms with Crippen molar-refractivity contribution in [3.8, 4) is 0 Å². The standard InChI is InChI=1S/C18H27N5S/c1-3-23-17(20-21-18(23)14-11-15(19)12-14)13-22(2)9-10-24-16-7-5-4-6-8-16/h4-8,14-15H,3,9-13,19H2,1-2H3. The molecule has 1 saturated carbocycles. The summed E-state index contributed by atoms with van der Waals surface area (Å²) in [5.41, 5.74) is 5.92. The molecule has 1 aromatic heterocycles. The Hall–Kier alpha value is -1.37. The Morgan fingerprint density at radius 3 is 2.67 bits per heavy atom. The molecule has 24 heavy (non-hydrogen) atoms. The van der Waals surface area contributed by atoms with Gasteiger partial charge in [-0.25, -0.2) is 0 Å². The average molecular weight is 346 g/mol. The summed E-state index contributed by atoms with van der Waals surface area (Å²) in [4.78, 5) is 3.65. The van der Waals surface area contributed by atoms with Crippen LogP contribution >= 0.6 is 11.8 Å². The van der Waals surface area contributed by atoms with Gasteiger partial charge in [0.25, 0.3) is 0 Å². The quantitative estimate of drug-likeness (QED) is 0.746. The van der Waals surface area contributed by atoms with Crippen molar-refractivity contribution in [2.24, 2.45) is 5.73 Å². The van der Waals surface area contributed by atoms with E-state index in [1.54, 1.807) is 0 Å². The first-order valence-corrected chi connectivity index (χ1v) is 9.70. The zero-order chi connectivity index (χ0) is 16.9. The van der Waals surface area contributed by atoms with Gasteiger partial charge in [-0.3, -0.25) is 4.90 Å². The van der Waals surface area contributed by atoms with Crippen LogP contribution in [0.1, 0.15) is 37.3 Å². The molecule has 3 rings (SSSR count). The minimum absolute atomic E-state index is 0.346. The van der Waals surface area contributed by atoms with Crippen LogP contribution in [0.15, 0.2) is 35.2 Å². The van der Waals surface area contributed by atoms with E-state index in [9.17, 15) is 0 Å². The lowest BCUT2D eigenvalue weighted by molar-refractivity contribution is 0.317. The smallest absolute Gasteiger partial charge is 0.147 e. The van der Waals surface area contributed by atoms with E-state index >= 15 is 0 Å². The molecule has 1 aliphatic rings. The van der Waals surface area contributed by atoms with Gasteiger partial charge in [-0.05, 0) is 38.9 Å². The second-order valence-electron chi connectivity index (χ2n) is 6.55. The van der Waals surface area contributed by atoms with Gasteiger partial charge in [0, 0.05) is 35.7 Å². The first kappa shape index (κ1) is 17.5. The Labute approximate surface area is 148 Å². The van der Waals surface area contributed by atoms with Gasteiger partial charge in [-0.15, -0.1) is 22.0 Å². The van der Waals surface area contributed by atoms with Gasteiger partial charge >= 0.3 is 0 Å². The Bertz CT molecular complexity index is 636. The predicted octanol–water partition coefficient (Wildman–Crippen LogP) is 2.73. The molecular weight excluding hydrogens is 318 g/mol. The summed E-state index contributed by atoms with van der Waals surface area (Å²) in [5.74, 6) is 3.77. The van der Waals surface area contributed by atoms with Crippen LogP contribution in [0, 0.1) is 0 Å². The number of hydrogen-bond acceptors (Lipinski definition) is 5. The molecule has 0 spiro atoms. The van der Waals surface area contributed by atoms with Gasteiger partial charge in [-0.2, -0.15) is 0 Å². The highest BCUT2D eigenvalue weighted by Gasteiger charge is 2.32. The highest BCUT2D eigenvalue weighted by molar-refractivity contribution is 7.99. The summed E-state index contributed by atoms with van der Waals surface area (Å²) >= 11 is 1.89. The lowest BCUT2D eigenvalue weighted by atomic mass is 9.80. The molecule has 6 heteroatoms. The maximum Gasteiger partial charge on any atom is 0.147 e. The van der Waals surface area contributed by atoms with Gasteiger partial charge in [0.05, 0.1) is 6.54 Å². The fraction of sp³-hybridized carbons (Fsp3) is 0.556. The van der Waals surface area contributed by atoms with Crippen LogP contribution in [0.5, 0.6) is 0 Å². The molecule has 1 aromatic carbocycles. The molecule has 0 saturated heterocycles. The fourth-order valence-corrected chi connectivity index (χ4v) is 4.13. The van der Waals surface area contributed by atoms with Crippen molar-refractivity contribution in [2.45, 2.75) is 49.7 Å². The van der Waals surface area contributed by atoms with Crippen LogP contribution in [-0.2, 0) is 13.1 Å². The normalized spacial score (nSPS) is 20.3. The van der Waals surface area contributed by atoms with Gasteiger partial charge in [0.2, 0.25) is 0 Å². The Kier molecular flexibility index (Phi) is 5.92. The van der Waals surface area contributed by atoms with E-state index in [-0.39, 0.29) is 0 Å². The fourth-order valence-electron chi connectivity index (χ4n) is 3.14. The summed E-state index contributed by atoms with van der Waals surface area (Å²) in [6.07, 6.45) is 2.09. The zero-order valence-corrected chi connectivity index (χ0v) is 15.4. The second kappa shape index (κ2) is 8.14. The lowest BCUT2D eigenvalue weighted by Gasteiger charge is -2.31. The topological polar surface area (TPSA) is 60.0 Å². The van der Waals surface area contributed by atoms with Crippen LogP contribution in [-0.4, -0.2) is 45.1 Å². The molecule has 5 nitrogen and oxygen atoms in total. The molecule has 0 atom stereocenters. The summed E-state index contributed by atoms with van der Waals surface area (Å²) in [5, 5.41) is 8.89. The molecule has 0 unspecified atom stereocenters. The number of rotatable bonds is 8. The third-order valence-corrected chi connectivity index (χ3v) is 5.60. The van der Waals surface area contributed by atoms with Gasteiger partial charge in [0.15, 0.2) is 0 Å². The van der Waals surface area contributed by atoms with E-state index in [1.807, 2.05) is 11.8 Å². The van der Waals surface area contributed by atoms with E-state index < -0.39 is 0 Å². The Morgan fingerprint density at radius 2 is 2.00 bits per heavy atom. The number of aromatic nitrogens is 3. The van der Waals surface area contributed by atoms with Crippen LogP contribution in [0.3, 0.4) is 0 Å². The largest absolute Gasteiger partial charge is 0.328 e. The van der Waals surface area contributed by atoms with Crippen LogP contribution < -0.4 is 5.73 Å². The number of thioether (sulfide) groups is 1. The van der Waals surface area contributed by atoms with E-state index in [0.717, 1.165) is 49.9 Å². The van der Waals surface area contributed by atoms with E-state index in [4.69, 9.17) is 5.73 Å². The molecule has 0 amide bonds. The van der Waals surface area contributed by atoms with E-state index in [0.29, 0.717) is 12.0 Å². The monoisotopic (exact) mass is 345 g/mol. The summed E-state index contributed by atoms with van der Waals surface area (Å²) in [6.45, 7) is 4.96. The molecule has 0 bridgehead atoms. The van der Waals surface area contributed by atoms with E-state index in [1.165, 1.54) is 4.90 Å². The molecule has 0 radical (unpaired) electrons. The third kappa shape index (κ3) is 4.18. The second-order valence-corrected chi connectivity index (χ2v) is 7.71. The SMILES string of the molecule is CCn1c(CN(C)CCSc2ccccc2)nnc1C1CC(N)C1. The molecular formula is C18H27N5S. The summed E-state index contributed by atoms with van der Waals surface area (Å²) in [6, 6.07) is 10.9. The van der Waals surface area contributed by atoms with Crippen molar-refractivity contribution < 1.29 is 0 Å². The minimum atomic E-state index is 0.346. The van der Waals surface area contributed by atoms with Crippen molar-refractivity contribution in [1.82, 2.24) is 19.7 Å². The first-order valence-electron chi connectivity index (χ1n) is 8.71. The maximum atomic E-state index is 5.92. The molecule has 0 aliphatic heterocycles. The summed E-state index contributed by atoms with van der Waals surface area (Å²) in [7, 11) is 2.15. The van der Waals surface area contributed by atoms with Gasteiger partial charge in [0.1, 0.15) is 11.6 Å². The molecule has 130 valence electrons. The van der Waals surface area contributed by atoms with E-state index in [2.05, 4.69) is 64.0 Å². The number of benzene rings is 1. The molecule has 2 N–H and O–H groups in total. The molecule has 2 aromatic rings. The lowest BCUT2D eigenvalue weighted by Crippen LogP contribution is -2.36. The van der Waals surface area contributed by atoms with Gasteiger partial charge < -0.3 is 10.3 Å². The van der Waals surface area contributed by atoms with Crippen molar-refractivity contribution >= 4 is 11.8 Å². The molecule has 1 heterocycles. The van der Waals surface area contributed by atoms with Gasteiger partial charge in [-0.1, -0.05) is 18.2 Å². The Morgan fingerprint density at radius 1 is 1.25 bits per heavy atom. The van der Waals surface area contributed by atoms with Crippen LogP contribution in [0.4, 0.5) is 0 Å². The first-order chi connectivity index (χ1) is 11.7. The number of nitrogens with two attached hydrogens (primary N) is 1. The van der Waals surface area contributed by atoms with Crippen molar-refractivity contribution in [3.05, 3.63) is 42.0 Å². The van der Waals surface area contributed by atoms with Crippen LogP contribution in [0.2, 0.25) is 0 Å². The van der Waals surface area contributed by atoms with Crippen molar-refractivity contribution in [2.75, 3.05) is 19.3 Å². The highest BCUT2D eigenvalue weighted by Crippen LogP contribution is 2.34. The van der Waals surface area contributed by atoms with Crippen molar-refractivity contribution in [1.29, 1.82) is 0 Å². The third-order valence-electron chi connectivity index (χ3n) is 4.61. The average Bonchev–Trinajstić information content (AvgIpc) is 2.95. The highest BCUT2D eigenvalue weighted by atomic mass is 32.2. The number of nitrogens with zero attached hydrogens (tertiary/aromatic N) is 4. The number of hydrogen-bond donors (Lipinski definition) is 1. The Balaban J connectivity index is 1.51. The van der Waals surface area contributed by atoms with Crippen LogP contribution in [0.25, 0.3) is 0 Å². The predicted molar refractivity (Wildman–Crippen MR) is 99.1 cm³/mol. The molecule has 1 aliphatic carbocycles.